The van der Waals surface area contributed by atoms with Crippen molar-refractivity contribution < 1.29 is 8.78 Å². The number of halogens is 2. The summed E-state index contributed by atoms with van der Waals surface area (Å²) in [6.07, 6.45) is -0.447. The number of alkyl halides is 2. The molecule has 68 valence electrons. The van der Waals surface area contributed by atoms with Crippen LogP contribution >= 0.6 is 0 Å². The van der Waals surface area contributed by atoms with Crippen molar-refractivity contribution in [1.29, 1.82) is 0 Å². The molecule has 0 aliphatic heterocycles. The number of hydrogen-bond acceptors (Lipinski definition) is 3. The zero-order valence-corrected chi connectivity index (χ0v) is 6.45. The molecule has 1 aromatic heterocycles. The predicted octanol–water partition coefficient (Wildman–Crippen LogP) is 0.906. The summed E-state index contributed by atoms with van der Waals surface area (Å²) in [6, 6.07) is 0. The number of rotatable bonds is 4. The van der Waals surface area contributed by atoms with E-state index >= 15 is 0 Å². The van der Waals surface area contributed by atoms with E-state index in [2.05, 4.69) is 10.3 Å². The SMILES string of the molecule is Nc1cn(CCCC(F)F)nn1. The van der Waals surface area contributed by atoms with Crippen LogP contribution in [0.5, 0.6) is 0 Å². The lowest BCUT2D eigenvalue weighted by molar-refractivity contribution is 0.132. The summed E-state index contributed by atoms with van der Waals surface area (Å²) < 4.78 is 24.8. The lowest BCUT2D eigenvalue weighted by atomic mass is 10.3. The number of aryl methyl sites for hydroxylation is 1. The van der Waals surface area contributed by atoms with Gasteiger partial charge in [0.2, 0.25) is 6.43 Å². The van der Waals surface area contributed by atoms with Crippen LogP contribution in [-0.2, 0) is 6.54 Å². The van der Waals surface area contributed by atoms with Crippen molar-refractivity contribution in [2.75, 3.05) is 5.73 Å². The maximum atomic E-state index is 11.7. The first kappa shape index (κ1) is 8.89. The molecule has 2 N–H and O–H groups in total. The monoisotopic (exact) mass is 176 g/mol. The summed E-state index contributed by atoms with van der Waals surface area (Å²) in [5, 5.41) is 7.13. The number of nitrogens with two attached hydrogens (primary N) is 1. The van der Waals surface area contributed by atoms with E-state index < -0.39 is 6.43 Å². The Hall–Kier alpha value is -1.20. The number of nitrogen functional groups attached to an aromatic ring is 1. The van der Waals surface area contributed by atoms with Crippen LogP contribution in [0.2, 0.25) is 0 Å². The molecule has 4 nitrogen and oxygen atoms in total. The average molecular weight is 176 g/mol. The first-order chi connectivity index (χ1) is 5.68. The fourth-order valence-corrected chi connectivity index (χ4v) is 0.830. The van der Waals surface area contributed by atoms with Crippen molar-refractivity contribution in [3.05, 3.63) is 6.20 Å². The highest BCUT2D eigenvalue weighted by molar-refractivity contribution is 5.19. The molecular formula is C6H10F2N4. The molecule has 0 spiro atoms. The van der Waals surface area contributed by atoms with Gasteiger partial charge >= 0.3 is 0 Å². The zero-order chi connectivity index (χ0) is 8.97. The highest BCUT2D eigenvalue weighted by atomic mass is 19.3. The molecule has 6 heteroatoms. The molecule has 0 aliphatic carbocycles. The van der Waals surface area contributed by atoms with Gasteiger partial charge in [0.05, 0.1) is 6.20 Å². The topological polar surface area (TPSA) is 56.7 Å². The summed E-state index contributed by atoms with van der Waals surface area (Å²) >= 11 is 0. The van der Waals surface area contributed by atoms with Crippen molar-refractivity contribution in [2.24, 2.45) is 0 Å². The molecule has 0 aliphatic rings. The Morgan fingerprint density at radius 2 is 2.33 bits per heavy atom. The van der Waals surface area contributed by atoms with Gasteiger partial charge in [0.25, 0.3) is 0 Å². The summed E-state index contributed by atoms with van der Waals surface area (Å²) in [4.78, 5) is 0. The van der Waals surface area contributed by atoms with Gasteiger partial charge in [0.1, 0.15) is 0 Å². The molecule has 0 amide bonds. The standard InChI is InChI=1S/C6H10F2N4/c7-5(8)2-1-3-12-4-6(9)10-11-12/h4-5H,1-3,9H2. The Morgan fingerprint density at radius 1 is 1.58 bits per heavy atom. The van der Waals surface area contributed by atoms with Crippen molar-refractivity contribution >= 4 is 5.82 Å². The Bertz CT molecular complexity index is 235. The summed E-state index contributed by atoms with van der Waals surface area (Å²) in [5.74, 6) is 0.312. The van der Waals surface area contributed by atoms with Crippen LogP contribution in [0.1, 0.15) is 12.8 Å². The largest absolute Gasteiger partial charge is 0.381 e. The second kappa shape index (κ2) is 3.99. The van der Waals surface area contributed by atoms with Crippen LogP contribution in [0.4, 0.5) is 14.6 Å². The smallest absolute Gasteiger partial charge is 0.238 e. The van der Waals surface area contributed by atoms with Gasteiger partial charge in [0, 0.05) is 13.0 Å². The Morgan fingerprint density at radius 3 is 2.83 bits per heavy atom. The van der Waals surface area contributed by atoms with E-state index in [-0.39, 0.29) is 6.42 Å². The van der Waals surface area contributed by atoms with Crippen molar-refractivity contribution in [3.63, 3.8) is 0 Å². The molecule has 0 unspecified atom stereocenters. The first-order valence-electron chi connectivity index (χ1n) is 3.62. The molecule has 0 saturated heterocycles. The molecule has 1 aromatic rings. The van der Waals surface area contributed by atoms with Crippen molar-refractivity contribution in [1.82, 2.24) is 15.0 Å². The van der Waals surface area contributed by atoms with Gasteiger partial charge in [-0.3, -0.25) is 4.68 Å². The number of hydrogen-bond donors (Lipinski definition) is 1. The van der Waals surface area contributed by atoms with Gasteiger partial charge in [-0.25, -0.2) is 8.78 Å². The van der Waals surface area contributed by atoms with E-state index in [1.165, 1.54) is 10.9 Å². The maximum Gasteiger partial charge on any atom is 0.238 e. The van der Waals surface area contributed by atoms with Gasteiger partial charge in [-0.1, -0.05) is 5.21 Å². The Kier molecular flexibility index (Phi) is 2.95. The average Bonchev–Trinajstić information content (AvgIpc) is 2.35. The normalized spacial score (nSPS) is 10.9. The highest BCUT2D eigenvalue weighted by Crippen LogP contribution is 2.04. The molecule has 1 heterocycles. The van der Waals surface area contributed by atoms with Crippen molar-refractivity contribution in [2.45, 2.75) is 25.8 Å². The highest BCUT2D eigenvalue weighted by Gasteiger charge is 2.02. The fourth-order valence-electron chi connectivity index (χ4n) is 0.830. The minimum absolute atomic E-state index is 0.111. The lowest BCUT2D eigenvalue weighted by Gasteiger charge is -1.98. The Balaban J connectivity index is 2.24. The quantitative estimate of drug-likeness (QED) is 0.741. The maximum absolute atomic E-state index is 11.7. The molecule has 12 heavy (non-hydrogen) atoms. The summed E-state index contributed by atoms with van der Waals surface area (Å²) in [5.41, 5.74) is 5.27. The van der Waals surface area contributed by atoms with E-state index in [9.17, 15) is 8.78 Å². The molecule has 0 aromatic carbocycles. The molecule has 0 bridgehead atoms. The predicted molar refractivity (Wildman–Crippen MR) is 39.7 cm³/mol. The Labute approximate surface area is 68.4 Å². The molecular weight excluding hydrogens is 166 g/mol. The van der Waals surface area contributed by atoms with Gasteiger partial charge in [-0.15, -0.1) is 5.10 Å². The molecule has 0 atom stereocenters. The van der Waals surface area contributed by atoms with Gasteiger partial charge in [-0.2, -0.15) is 0 Å². The molecule has 0 saturated carbocycles. The van der Waals surface area contributed by atoms with Crippen LogP contribution in [0.3, 0.4) is 0 Å². The third-order valence-electron chi connectivity index (χ3n) is 1.37. The molecule has 0 radical (unpaired) electrons. The van der Waals surface area contributed by atoms with Gasteiger partial charge in [-0.05, 0) is 6.42 Å². The number of anilines is 1. The van der Waals surface area contributed by atoms with E-state index in [1.54, 1.807) is 0 Å². The summed E-state index contributed by atoms with van der Waals surface area (Å²) in [7, 11) is 0. The fraction of sp³-hybridized carbons (Fsp3) is 0.667. The lowest BCUT2D eigenvalue weighted by Crippen LogP contribution is -2.01. The second-order valence-electron chi connectivity index (χ2n) is 2.44. The van der Waals surface area contributed by atoms with E-state index in [0.29, 0.717) is 18.8 Å². The van der Waals surface area contributed by atoms with Gasteiger partial charge in [0.15, 0.2) is 5.82 Å². The van der Waals surface area contributed by atoms with Crippen molar-refractivity contribution in [3.8, 4) is 0 Å². The summed E-state index contributed by atoms with van der Waals surface area (Å²) in [6.45, 7) is 0.439. The van der Waals surface area contributed by atoms with E-state index in [4.69, 9.17) is 5.73 Å². The van der Waals surface area contributed by atoms with Crippen LogP contribution in [-0.4, -0.2) is 21.4 Å². The zero-order valence-electron chi connectivity index (χ0n) is 6.45. The van der Waals surface area contributed by atoms with Crippen LogP contribution in [0.15, 0.2) is 6.20 Å². The first-order valence-corrected chi connectivity index (χ1v) is 3.62. The van der Waals surface area contributed by atoms with E-state index in [0.717, 1.165) is 0 Å². The van der Waals surface area contributed by atoms with Gasteiger partial charge < -0.3 is 5.73 Å². The minimum atomic E-state index is -2.24. The number of aromatic nitrogens is 3. The van der Waals surface area contributed by atoms with Crippen LogP contribution in [0, 0.1) is 0 Å². The molecule has 1 rings (SSSR count). The minimum Gasteiger partial charge on any atom is -0.381 e. The number of nitrogens with zero attached hydrogens (tertiary/aromatic N) is 3. The molecule has 0 fully saturated rings. The second-order valence-corrected chi connectivity index (χ2v) is 2.44. The third-order valence-corrected chi connectivity index (χ3v) is 1.37. The van der Waals surface area contributed by atoms with E-state index in [1.807, 2.05) is 0 Å². The van der Waals surface area contributed by atoms with Crippen LogP contribution < -0.4 is 5.73 Å². The van der Waals surface area contributed by atoms with Crippen LogP contribution in [0.25, 0.3) is 0 Å². The third kappa shape index (κ3) is 2.81.